The van der Waals surface area contributed by atoms with Crippen LogP contribution in [0.2, 0.25) is 0 Å². The van der Waals surface area contributed by atoms with E-state index in [9.17, 15) is 15.0 Å². The van der Waals surface area contributed by atoms with Crippen LogP contribution in [0.15, 0.2) is 18.2 Å². The Labute approximate surface area is 83.0 Å². The molecule has 14 heavy (non-hydrogen) atoms. The van der Waals surface area contributed by atoms with E-state index in [-0.39, 0.29) is 18.0 Å². The normalized spacial score (nSPS) is 12.5. The Hall–Kier alpha value is -1.35. The molecule has 0 bridgehead atoms. The minimum Gasteiger partial charge on any atom is -0.508 e. The van der Waals surface area contributed by atoms with Crippen LogP contribution in [0.3, 0.4) is 0 Å². The number of Topliss-reactive ketones (excluding diaryl/α,β-unsaturated/α-hetero) is 1. The topological polar surface area (TPSA) is 57.5 Å². The van der Waals surface area contributed by atoms with Crippen molar-refractivity contribution in [3.63, 3.8) is 0 Å². The van der Waals surface area contributed by atoms with Crippen LogP contribution in [0.4, 0.5) is 0 Å². The summed E-state index contributed by atoms with van der Waals surface area (Å²) >= 11 is 0. The molecule has 0 aliphatic rings. The molecule has 1 atom stereocenters. The van der Waals surface area contributed by atoms with Gasteiger partial charge >= 0.3 is 0 Å². The van der Waals surface area contributed by atoms with E-state index < -0.39 is 6.10 Å². The summed E-state index contributed by atoms with van der Waals surface area (Å²) < 4.78 is 0. The van der Waals surface area contributed by atoms with Crippen LogP contribution >= 0.6 is 0 Å². The second-order valence-electron chi connectivity index (χ2n) is 3.48. The Morgan fingerprint density at radius 1 is 1.50 bits per heavy atom. The van der Waals surface area contributed by atoms with Crippen LogP contribution in [0, 0.1) is 6.92 Å². The number of aryl methyl sites for hydroxylation is 1. The summed E-state index contributed by atoms with van der Waals surface area (Å²) in [6.07, 6.45) is -0.871. The van der Waals surface area contributed by atoms with E-state index in [1.54, 1.807) is 12.1 Å². The van der Waals surface area contributed by atoms with Crippen molar-refractivity contribution < 1.29 is 15.0 Å². The molecule has 0 saturated carbocycles. The second kappa shape index (κ2) is 4.24. The highest BCUT2D eigenvalue weighted by atomic mass is 16.3. The number of hydrogen-bond donors (Lipinski definition) is 2. The van der Waals surface area contributed by atoms with Crippen LogP contribution in [0.5, 0.6) is 5.75 Å². The standard InChI is InChI=1S/C11H14O3/c1-7-3-4-10(13)9(5-7)11(14)6-8(2)12/h3-5,11,13-14H,6H2,1-2H3/t11-/m1/s1. The molecule has 2 N–H and O–H groups in total. The van der Waals surface area contributed by atoms with E-state index >= 15 is 0 Å². The summed E-state index contributed by atoms with van der Waals surface area (Å²) in [5.41, 5.74) is 1.36. The van der Waals surface area contributed by atoms with E-state index in [0.29, 0.717) is 5.56 Å². The number of phenols is 1. The zero-order valence-corrected chi connectivity index (χ0v) is 8.32. The van der Waals surface area contributed by atoms with Gasteiger partial charge in [-0.1, -0.05) is 11.6 Å². The molecule has 76 valence electrons. The van der Waals surface area contributed by atoms with Gasteiger partial charge in [-0.25, -0.2) is 0 Å². The lowest BCUT2D eigenvalue weighted by atomic mass is 10.0. The van der Waals surface area contributed by atoms with Crippen molar-refractivity contribution in [2.75, 3.05) is 0 Å². The first-order valence-corrected chi connectivity index (χ1v) is 4.47. The second-order valence-corrected chi connectivity index (χ2v) is 3.48. The van der Waals surface area contributed by atoms with Gasteiger partial charge in [0.1, 0.15) is 11.5 Å². The minimum absolute atomic E-state index is 0.0318. The Kier molecular flexibility index (Phi) is 3.25. The van der Waals surface area contributed by atoms with Crippen molar-refractivity contribution in [2.24, 2.45) is 0 Å². The largest absolute Gasteiger partial charge is 0.508 e. The fourth-order valence-corrected chi connectivity index (χ4v) is 1.32. The lowest BCUT2D eigenvalue weighted by Gasteiger charge is -2.11. The van der Waals surface area contributed by atoms with Crippen LogP contribution in [-0.2, 0) is 4.79 Å². The smallest absolute Gasteiger partial charge is 0.132 e. The lowest BCUT2D eigenvalue weighted by molar-refractivity contribution is -0.118. The Bertz CT molecular complexity index is 344. The fourth-order valence-electron chi connectivity index (χ4n) is 1.32. The molecule has 0 amide bonds. The highest BCUT2D eigenvalue weighted by Crippen LogP contribution is 2.27. The van der Waals surface area contributed by atoms with Crippen molar-refractivity contribution in [2.45, 2.75) is 26.4 Å². The number of carbonyl (C=O) groups is 1. The average Bonchev–Trinajstić information content (AvgIpc) is 2.08. The first kappa shape index (κ1) is 10.7. The molecule has 3 nitrogen and oxygen atoms in total. The molecule has 3 heteroatoms. The third-order valence-electron chi connectivity index (χ3n) is 2.02. The van der Waals surface area contributed by atoms with Gasteiger partial charge in [-0.15, -0.1) is 0 Å². The van der Waals surface area contributed by atoms with Gasteiger partial charge in [-0.3, -0.25) is 4.79 Å². The number of hydrogen-bond acceptors (Lipinski definition) is 3. The quantitative estimate of drug-likeness (QED) is 0.770. The number of rotatable bonds is 3. The van der Waals surface area contributed by atoms with Crippen LogP contribution in [0.25, 0.3) is 0 Å². The number of phenolic OH excluding ortho intramolecular Hbond substituents is 1. The summed E-state index contributed by atoms with van der Waals surface area (Å²) in [4.78, 5) is 10.8. The number of benzene rings is 1. The third kappa shape index (κ3) is 2.57. The van der Waals surface area contributed by atoms with Gasteiger partial charge in [-0.2, -0.15) is 0 Å². The SMILES string of the molecule is CC(=O)C[C@@H](O)c1cc(C)ccc1O. The predicted molar refractivity (Wildman–Crippen MR) is 53.1 cm³/mol. The number of aromatic hydroxyl groups is 1. The maximum absolute atomic E-state index is 10.8. The zero-order valence-electron chi connectivity index (χ0n) is 8.32. The monoisotopic (exact) mass is 194 g/mol. The van der Waals surface area contributed by atoms with E-state index in [2.05, 4.69) is 0 Å². The van der Waals surface area contributed by atoms with Crippen LogP contribution in [-0.4, -0.2) is 16.0 Å². The number of aliphatic hydroxyl groups excluding tert-OH is 1. The van der Waals surface area contributed by atoms with Gasteiger partial charge in [0, 0.05) is 12.0 Å². The highest BCUT2D eigenvalue weighted by Gasteiger charge is 2.13. The van der Waals surface area contributed by atoms with E-state index in [4.69, 9.17) is 0 Å². The Morgan fingerprint density at radius 3 is 2.71 bits per heavy atom. The molecule has 0 spiro atoms. The molecule has 1 rings (SSSR count). The van der Waals surface area contributed by atoms with Crippen LogP contribution in [0.1, 0.15) is 30.6 Å². The molecule has 0 aromatic heterocycles. The van der Waals surface area contributed by atoms with Crippen molar-refractivity contribution in [3.05, 3.63) is 29.3 Å². The Morgan fingerprint density at radius 2 is 2.14 bits per heavy atom. The summed E-state index contributed by atoms with van der Waals surface area (Å²) in [5, 5.41) is 19.1. The predicted octanol–water partition coefficient (Wildman–Crippen LogP) is 1.71. The summed E-state index contributed by atoms with van der Waals surface area (Å²) in [7, 11) is 0. The molecule has 0 aliphatic heterocycles. The molecular formula is C11H14O3. The molecule has 1 aromatic rings. The number of aliphatic hydroxyl groups is 1. The van der Waals surface area contributed by atoms with Crippen molar-refractivity contribution in [1.29, 1.82) is 0 Å². The van der Waals surface area contributed by atoms with Gasteiger partial charge in [0.15, 0.2) is 0 Å². The zero-order chi connectivity index (χ0) is 10.7. The van der Waals surface area contributed by atoms with Crippen molar-refractivity contribution in [3.8, 4) is 5.75 Å². The van der Waals surface area contributed by atoms with Crippen molar-refractivity contribution >= 4 is 5.78 Å². The summed E-state index contributed by atoms with van der Waals surface area (Å²) in [5.74, 6) is -0.0669. The van der Waals surface area contributed by atoms with Gasteiger partial charge in [0.2, 0.25) is 0 Å². The van der Waals surface area contributed by atoms with E-state index in [1.807, 2.05) is 6.92 Å². The first-order valence-electron chi connectivity index (χ1n) is 4.47. The molecular weight excluding hydrogens is 180 g/mol. The molecule has 0 fully saturated rings. The van der Waals surface area contributed by atoms with E-state index in [0.717, 1.165) is 5.56 Å². The molecule has 0 unspecified atom stereocenters. The van der Waals surface area contributed by atoms with E-state index in [1.165, 1.54) is 13.0 Å². The third-order valence-corrected chi connectivity index (χ3v) is 2.02. The molecule has 0 aliphatic carbocycles. The molecule has 1 aromatic carbocycles. The maximum atomic E-state index is 10.8. The fraction of sp³-hybridized carbons (Fsp3) is 0.364. The maximum Gasteiger partial charge on any atom is 0.132 e. The molecule has 0 heterocycles. The Balaban J connectivity index is 2.93. The lowest BCUT2D eigenvalue weighted by Crippen LogP contribution is -2.03. The summed E-state index contributed by atoms with van der Waals surface area (Å²) in [6.45, 7) is 3.28. The minimum atomic E-state index is -0.910. The average molecular weight is 194 g/mol. The van der Waals surface area contributed by atoms with Gasteiger partial charge in [0.05, 0.1) is 6.10 Å². The summed E-state index contributed by atoms with van der Waals surface area (Å²) in [6, 6.07) is 4.95. The first-order chi connectivity index (χ1) is 6.50. The van der Waals surface area contributed by atoms with Gasteiger partial charge in [0.25, 0.3) is 0 Å². The number of carbonyl (C=O) groups excluding carboxylic acids is 1. The molecule has 0 saturated heterocycles. The van der Waals surface area contributed by atoms with Gasteiger partial charge in [-0.05, 0) is 26.0 Å². The highest BCUT2D eigenvalue weighted by molar-refractivity contribution is 5.76. The van der Waals surface area contributed by atoms with Crippen molar-refractivity contribution in [1.82, 2.24) is 0 Å². The van der Waals surface area contributed by atoms with Crippen LogP contribution < -0.4 is 0 Å². The van der Waals surface area contributed by atoms with Gasteiger partial charge < -0.3 is 10.2 Å². The molecule has 0 radical (unpaired) electrons. The number of ketones is 1.